The number of hydrogen-bond acceptors (Lipinski definition) is 4. The van der Waals surface area contributed by atoms with Gasteiger partial charge in [0.2, 0.25) is 0 Å². The maximum atomic E-state index is 5.79. The second kappa shape index (κ2) is 5.72. The number of aromatic nitrogens is 1. The molecule has 1 heterocycles. The molecule has 1 aromatic heterocycles. The number of rotatable bonds is 6. The fourth-order valence-corrected chi connectivity index (χ4v) is 2.59. The Morgan fingerprint density at radius 2 is 2.32 bits per heavy atom. The molecule has 4 heteroatoms. The summed E-state index contributed by atoms with van der Waals surface area (Å²) in [6, 6.07) is 9.03. The van der Waals surface area contributed by atoms with Crippen LogP contribution < -0.4 is 10.1 Å². The summed E-state index contributed by atoms with van der Waals surface area (Å²) in [5.74, 6) is 0.919. The van der Waals surface area contributed by atoms with Gasteiger partial charge in [-0.2, -0.15) is 0 Å². The Morgan fingerprint density at radius 3 is 3.05 bits per heavy atom. The zero-order valence-corrected chi connectivity index (χ0v) is 11.9. The van der Waals surface area contributed by atoms with Crippen molar-refractivity contribution in [1.82, 2.24) is 10.3 Å². The van der Waals surface area contributed by atoms with Gasteiger partial charge in [0.05, 0.1) is 0 Å². The van der Waals surface area contributed by atoms with Gasteiger partial charge in [-0.25, -0.2) is 4.98 Å². The van der Waals surface area contributed by atoms with Crippen LogP contribution in [0.3, 0.4) is 0 Å². The highest BCUT2D eigenvalue weighted by Gasteiger charge is 2.19. The van der Waals surface area contributed by atoms with Crippen molar-refractivity contribution in [3.63, 3.8) is 0 Å². The first-order valence-electron chi connectivity index (χ1n) is 6.66. The van der Waals surface area contributed by atoms with Crippen molar-refractivity contribution in [2.45, 2.75) is 39.0 Å². The van der Waals surface area contributed by atoms with Crippen LogP contribution in [0.4, 0.5) is 0 Å². The van der Waals surface area contributed by atoms with E-state index in [-0.39, 0.29) is 0 Å². The smallest absolute Gasteiger partial charge is 0.140 e. The van der Waals surface area contributed by atoms with E-state index in [0.29, 0.717) is 6.61 Å². The van der Waals surface area contributed by atoms with Gasteiger partial charge >= 0.3 is 0 Å². The minimum atomic E-state index is 0.554. The minimum Gasteiger partial charge on any atom is -0.486 e. The van der Waals surface area contributed by atoms with Gasteiger partial charge in [0, 0.05) is 23.7 Å². The van der Waals surface area contributed by atoms with Gasteiger partial charge in [-0.1, -0.05) is 12.1 Å². The highest BCUT2D eigenvalue weighted by atomic mass is 32.1. The molecule has 0 spiro atoms. The average molecular weight is 274 g/mol. The number of benzene rings is 1. The second-order valence-corrected chi connectivity index (χ2v) is 5.92. The molecule has 0 atom stereocenters. The lowest BCUT2D eigenvalue weighted by atomic mass is 10.2. The third-order valence-corrected chi connectivity index (χ3v) is 4.04. The Hall–Kier alpha value is -1.39. The highest BCUT2D eigenvalue weighted by molar-refractivity contribution is 7.09. The van der Waals surface area contributed by atoms with Gasteiger partial charge in [0.15, 0.2) is 0 Å². The Labute approximate surface area is 117 Å². The fraction of sp³-hybridized carbons (Fsp3) is 0.400. The van der Waals surface area contributed by atoms with Gasteiger partial charge in [-0.3, -0.25) is 0 Å². The summed E-state index contributed by atoms with van der Waals surface area (Å²) in [5.41, 5.74) is 2.34. The van der Waals surface area contributed by atoms with Crippen LogP contribution in [0.15, 0.2) is 29.6 Å². The van der Waals surface area contributed by atoms with Crippen LogP contribution in [-0.2, 0) is 13.2 Å². The van der Waals surface area contributed by atoms with E-state index in [2.05, 4.69) is 27.8 Å². The van der Waals surface area contributed by atoms with Crippen LogP contribution in [0, 0.1) is 6.92 Å². The number of nitrogens with one attached hydrogen (secondary N) is 1. The molecular weight excluding hydrogens is 256 g/mol. The van der Waals surface area contributed by atoms with Gasteiger partial charge < -0.3 is 10.1 Å². The third kappa shape index (κ3) is 3.78. The van der Waals surface area contributed by atoms with E-state index in [9.17, 15) is 0 Å². The molecule has 0 unspecified atom stereocenters. The van der Waals surface area contributed by atoms with Crippen LogP contribution >= 0.6 is 11.3 Å². The second-order valence-electron chi connectivity index (χ2n) is 4.97. The van der Waals surface area contributed by atoms with E-state index in [0.717, 1.165) is 29.0 Å². The average Bonchev–Trinajstić information content (AvgIpc) is 3.16. The van der Waals surface area contributed by atoms with Crippen molar-refractivity contribution in [2.24, 2.45) is 0 Å². The van der Waals surface area contributed by atoms with Crippen molar-refractivity contribution in [3.8, 4) is 5.75 Å². The molecule has 1 saturated carbocycles. The normalized spacial score (nSPS) is 14.6. The molecule has 1 aliphatic carbocycles. The fourth-order valence-electron chi connectivity index (χ4n) is 1.91. The first kappa shape index (κ1) is 12.6. The van der Waals surface area contributed by atoms with E-state index >= 15 is 0 Å². The van der Waals surface area contributed by atoms with E-state index in [1.54, 1.807) is 11.3 Å². The van der Waals surface area contributed by atoms with E-state index < -0.39 is 0 Å². The molecular formula is C15H18N2OS. The summed E-state index contributed by atoms with van der Waals surface area (Å²) < 4.78 is 5.79. The SMILES string of the molecule is Cc1csc(COc2cccc(CNC3CC3)c2)n1. The Morgan fingerprint density at radius 1 is 1.42 bits per heavy atom. The number of nitrogens with zero attached hydrogens (tertiary/aromatic N) is 1. The van der Waals surface area contributed by atoms with Gasteiger partial charge in [-0.05, 0) is 37.5 Å². The maximum Gasteiger partial charge on any atom is 0.140 e. The molecule has 0 aliphatic heterocycles. The molecule has 19 heavy (non-hydrogen) atoms. The maximum absolute atomic E-state index is 5.79. The lowest BCUT2D eigenvalue weighted by Crippen LogP contribution is -2.15. The van der Waals surface area contributed by atoms with Crippen LogP contribution in [0.25, 0.3) is 0 Å². The van der Waals surface area contributed by atoms with Crippen LogP contribution in [0.2, 0.25) is 0 Å². The molecule has 0 saturated heterocycles. The molecule has 0 radical (unpaired) electrons. The first-order chi connectivity index (χ1) is 9.29. The molecule has 1 aliphatic rings. The topological polar surface area (TPSA) is 34.1 Å². The highest BCUT2D eigenvalue weighted by Crippen LogP contribution is 2.21. The van der Waals surface area contributed by atoms with E-state index in [4.69, 9.17) is 4.74 Å². The van der Waals surface area contributed by atoms with Crippen molar-refractivity contribution in [3.05, 3.63) is 45.9 Å². The van der Waals surface area contributed by atoms with Crippen LogP contribution in [-0.4, -0.2) is 11.0 Å². The minimum absolute atomic E-state index is 0.554. The standard InChI is InChI=1S/C15H18N2OS/c1-11-10-19-15(17-11)9-18-14-4-2-3-12(7-14)8-16-13-5-6-13/h2-4,7,10,13,16H,5-6,8-9H2,1H3. The Balaban J connectivity index is 1.55. The summed E-state index contributed by atoms with van der Waals surface area (Å²) in [7, 11) is 0. The number of thiazole rings is 1. The third-order valence-electron chi connectivity index (χ3n) is 3.10. The van der Waals surface area contributed by atoms with Gasteiger partial charge in [-0.15, -0.1) is 11.3 Å². The number of ether oxygens (including phenoxy) is 1. The molecule has 2 aromatic rings. The van der Waals surface area contributed by atoms with Crippen LogP contribution in [0.1, 0.15) is 29.1 Å². The lowest BCUT2D eigenvalue weighted by Gasteiger charge is -2.07. The Bertz CT molecular complexity index is 549. The quantitative estimate of drug-likeness (QED) is 0.877. The number of aryl methyl sites for hydroxylation is 1. The molecule has 0 amide bonds. The van der Waals surface area contributed by atoms with Crippen molar-refractivity contribution >= 4 is 11.3 Å². The summed E-state index contributed by atoms with van der Waals surface area (Å²) in [6.45, 7) is 3.49. The molecule has 3 nitrogen and oxygen atoms in total. The van der Waals surface area contributed by atoms with Gasteiger partial charge in [0.25, 0.3) is 0 Å². The molecule has 1 N–H and O–H groups in total. The van der Waals surface area contributed by atoms with Crippen LogP contribution in [0.5, 0.6) is 5.75 Å². The van der Waals surface area contributed by atoms with E-state index in [1.165, 1.54) is 18.4 Å². The molecule has 1 aromatic carbocycles. The number of hydrogen-bond donors (Lipinski definition) is 1. The molecule has 100 valence electrons. The predicted molar refractivity (Wildman–Crippen MR) is 77.5 cm³/mol. The zero-order chi connectivity index (χ0) is 13.1. The predicted octanol–water partition coefficient (Wildman–Crippen LogP) is 3.28. The largest absolute Gasteiger partial charge is 0.486 e. The zero-order valence-electron chi connectivity index (χ0n) is 11.1. The van der Waals surface area contributed by atoms with Gasteiger partial charge in [0.1, 0.15) is 17.4 Å². The van der Waals surface area contributed by atoms with Crippen molar-refractivity contribution in [2.75, 3.05) is 0 Å². The molecule has 3 rings (SSSR count). The summed E-state index contributed by atoms with van der Waals surface area (Å²) in [6.07, 6.45) is 2.64. The summed E-state index contributed by atoms with van der Waals surface area (Å²) >= 11 is 1.65. The molecule has 0 bridgehead atoms. The monoisotopic (exact) mass is 274 g/mol. The van der Waals surface area contributed by atoms with Crippen molar-refractivity contribution < 1.29 is 4.74 Å². The molecule has 1 fully saturated rings. The summed E-state index contributed by atoms with van der Waals surface area (Å²) in [4.78, 5) is 4.40. The summed E-state index contributed by atoms with van der Waals surface area (Å²) in [5, 5.41) is 6.59. The van der Waals surface area contributed by atoms with Crippen molar-refractivity contribution in [1.29, 1.82) is 0 Å². The van der Waals surface area contributed by atoms with E-state index in [1.807, 2.05) is 19.1 Å². The first-order valence-corrected chi connectivity index (χ1v) is 7.54. The lowest BCUT2D eigenvalue weighted by molar-refractivity contribution is 0.305. The Kier molecular flexibility index (Phi) is 3.80.